The smallest absolute Gasteiger partial charge is 0.128 e. The van der Waals surface area contributed by atoms with Crippen LogP contribution in [0.5, 0.6) is 0 Å². The molecule has 0 bridgehead atoms. The molecule has 106 valence electrons. The van der Waals surface area contributed by atoms with Gasteiger partial charge in [-0.25, -0.2) is 4.39 Å². The topological polar surface area (TPSA) is 51.8 Å². The van der Waals surface area contributed by atoms with Crippen molar-refractivity contribution in [2.24, 2.45) is 5.73 Å². The van der Waals surface area contributed by atoms with Crippen LogP contribution in [0.25, 0.3) is 0 Å². The zero-order chi connectivity index (χ0) is 14.5. The Morgan fingerprint density at radius 3 is 2.55 bits per heavy atom. The minimum Gasteiger partial charge on any atom is -0.326 e. The van der Waals surface area contributed by atoms with Crippen molar-refractivity contribution in [1.82, 2.24) is 10.2 Å². The summed E-state index contributed by atoms with van der Waals surface area (Å²) in [6, 6.07) is 6.46. The molecular weight excluding hydrogens is 273 g/mol. The number of hydrogen-bond acceptors (Lipinski definition) is 4. The average molecular weight is 291 g/mol. The van der Waals surface area contributed by atoms with E-state index in [1.165, 1.54) is 29.5 Å². The molecule has 0 saturated carbocycles. The summed E-state index contributed by atoms with van der Waals surface area (Å²) in [7, 11) is 0. The van der Waals surface area contributed by atoms with E-state index in [0.717, 1.165) is 34.0 Å². The fraction of sp³-hybridized carbons (Fsp3) is 0.333. The number of nitrogens with zero attached hydrogens (tertiary/aromatic N) is 2. The van der Waals surface area contributed by atoms with Gasteiger partial charge >= 0.3 is 0 Å². The Labute approximate surface area is 122 Å². The van der Waals surface area contributed by atoms with E-state index >= 15 is 0 Å². The van der Waals surface area contributed by atoms with E-state index in [1.807, 2.05) is 6.07 Å². The molecule has 0 amide bonds. The summed E-state index contributed by atoms with van der Waals surface area (Å²) < 4.78 is 13.2. The van der Waals surface area contributed by atoms with Gasteiger partial charge in [0.1, 0.15) is 10.8 Å². The third-order valence-electron chi connectivity index (χ3n) is 3.14. The van der Waals surface area contributed by atoms with Crippen LogP contribution >= 0.6 is 11.8 Å². The third kappa shape index (κ3) is 3.16. The normalized spacial score (nSPS) is 10.8. The van der Waals surface area contributed by atoms with Gasteiger partial charge in [0.25, 0.3) is 0 Å². The van der Waals surface area contributed by atoms with Crippen molar-refractivity contribution in [3.05, 3.63) is 46.9 Å². The molecule has 0 aliphatic carbocycles. The fourth-order valence-corrected chi connectivity index (χ4v) is 3.12. The third-order valence-corrected chi connectivity index (χ3v) is 4.15. The van der Waals surface area contributed by atoms with E-state index in [9.17, 15) is 4.39 Å². The number of hydrogen-bond donors (Lipinski definition) is 1. The first-order valence-corrected chi connectivity index (χ1v) is 7.52. The van der Waals surface area contributed by atoms with Crippen LogP contribution in [-0.4, -0.2) is 10.2 Å². The Hall–Kier alpha value is -1.46. The second-order valence-electron chi connectivity index (χ2n) is 4.38. The van der Waals surface area contributed by atoms with Crippen LogP contribution in [0, 0.1) is 5.82 Å². The first kappa shape index (κ1) is 14.9. The van der Waals surface area contributed by atoms with Crippen molar-refractivity contribution < 1.29 is 4.39 Å². The highest BCUT2D eigenvalue weighted by atomic mass is 32.2. The van der Waals surface area contributed by atoms with E-state index < -0.39 is 0 Å². The highest BCUT2D eigenvalue weighted by Crippen LogP contribution is 2.31. The van der Waals surface area contributed by atoms with Gasteiger partial charge in [0, 0.05) is 17.0 Å². The molecule has 2 N–H and O–H groups in total. The minimum absolute atomic E-state index is 0.252. The summed E-state index contributed by atoms with van der Waals surface area (Å²) >= 11 is 1.41. The maximum absolute atomic E-state index is 13.2. The van der Waals surface area contributed by atoms with Crippen LogP contribution in [0.2, 0.25) is 0 Å². The van der Waals surface area contributed by atoms with Gasteiger partial charge < -0.3 is 5.73 Å². The maximum Gasteiger partial charge on any atom is 0.128 e. The number of nitrogens with two attached hydrogens (primary N) is 1. The first-order valence-electron chi connectivity index (χ1n) is 6.70. The predicted molar refractivity (Wildman–Crippen MR) is 79.2 cm³/mol. The van der Waals surface area contributed by atoms with E-state index in [-0.39, 0.29) is 5.82 Å². The molecule has 1 heterocycles. The number of benzene rings is 1. The maximum atomic E-state index is 13.2. The van der Waals surface area contributed by atoms with E-state index in [4.69, 9.17) is 5.73 Å². The lowest BCUT2D eigenvalue weighted by molar-refractivity contribution is 0.624. The van der Waals surface area contributed by atoms with Crippen LogP contribution in [0.3, 0.4) is 0 Å². The summed E-state index contributed by atoms with van der Waals surface area (Å²) in [6.07, 6.45) is 1.72. The number of halogens is 1. The Morgan fingerprint density at radius 1 is 1.15 bits per heavy atom. The van der Waals surface area contributed by atoms with Gasteiger partial charge in [0.2, 0.25) is 0 Å². The summed E-state index contributed by atoms with van der Waals surface area (Å²) in [5, 5.41) is 9.31. The van der Waals surface area contributed by atoms with Gasteiger partial charge in [-0.15, -0.1) is 5.10 Å². The molecule has 3 nitrogen and oxygen atoms in total. The lowest BCUT2D eigenvalue weighted by Crippen LogP contribution is -2.10. The summed E-state index contributed by atoms with van der Waals surface area (Å²) in [4.78, 5) is 0.806. The molecule has 1 aromatic carbocycles. The van der Waals surface area contributed by atoms with Gasteiger partial charge in [0.05, 0.1) is 5.69 Å². The van der Waals surface area contributed by atoms with E-state index in [1.54, 1.807) is 6.07 Å². The number of aryl methyl sites for hydroxylation is 1. The Bertz CT molecular complexity index is 602. The monoisotopic (exact) mass is 291 g/mol. The van der Waals surface area contributed by atoms with Gasteiger partial charge in [0.15, 0.2) is 0 Å². The van der Waals surface area contributed by atoms with Crippen LogP contribution in [0.4, 0.5) is 4.39 Å². The molecule has 20 heavy (non-hydrogen) atoms. The molecule has 0 aliphatic rings. The SMILES string of the molecule is CCc1nnc(Sc2cccc(F)c2)c(CN)c1CC. The van der Waals surface area contributed by atoms with Gasteiger partial charge in [-0.2, -0.15) is 5.10 Å². The zero-order valence-electron chi connectivity index (χ0n) is 11.7. The van der Waals surface area contributed by atoms with Crippen LogP contribution < -0.4 is 5.73 Å². The molecule has 2 rings (SSSR count). The molecule has 0 spiro atoms. The quantitative estimate of drug-likeness (QED) is 0.918. The second-order valence-corrected chi connectivity index (χ2v) is 5.44. The molecule has 1 aromatic heterocycles. The van der Waals surface area contributed by atoms with Crippen molar-refractivity contribution >= 4 is 11.8 Å². The highest BCUT2D eigenvalue weighted by molar-refractivity contribution is 7.99. The van der Waals surface area contributed by atoms with Crippen molar-refractivity contribution in [1.29, 1.82) is 0 Å². The summed E-state index contributed by atoms with van der Waals surface area (Å²) in [5.41, 5.74) is 9.07. The summed E-state index contributed by atoms with van der Waals surface area (Å²) in [5.74, 6) is -0.252. The number of rotatable bonds is 5. The molecular formula is C15H18FN3S. The molecule has 2 aromatic rings. The van der Waals surface area contributed by atoms with E-state index in [2.05, 4.69) is 24.0 Å². The standard InChI is InChI=1S/C15H18FN3S/c1-3-12-13(9-17)15(19-18-14(12)4-2)20-11-7-5-6-10(16)8-11/h5-8H,3-4,9,17H2,1-2H3. The molecule has 0 unspecified atom stereocenters. The minimum atomic E-state index is -0.252. The fourth-order valence-electron chi connectivity index (χ4n) is 2.17. The largest absolute Gasteiger partial charge is 0.326 e. The van der Waals surface area contributed by atoms with E-state index in [0.29, 0.717) is 6.54 Å². The van der Waals surface area contributed by atoms with Crippen LogP contribution in [0.15, 0.2) is 34.2 Å². The first-order chi connectivity index (χ1) is 9.69. The molecule has 0 atom stereocenters. The van der Waals surface area contributed by atoms with Crippen molar-refractivity contribution in [2.45, 2.75) is 43.2 Å². The number of aromatic nitrogens is 2. The Kier molecular flexibility index (Phi) is 5.09. The van der Waals surface area contributed by atoms with Gasteiger partial charge in [-0.1, -0.05) is 31.7 Å². The molecule has 0 aliphatic heterocycles. The van der Waals surface area contributed by atoms with Gasteiger partial charge in [-0.05, 0) is 36.6 Å². The molecule has 5 heteroatoms. The lowest BCUT2D eigenvalue weighted by atomic mass is 10.0. The van der Waals surface area contributed by atoms with Crippen molar-refractivity contribution in [3.8, 4) is 0 Å². The molecule has 0 saturated heterocycles. The molecule has 0 radical (unpaired) electrons. The Morgan fingerprint density at radius 2 is 1.95 bits per heavy atom. The zero-order valence-corrected chi connectivity index (χ0v) is 12.5. The van der Waals surface area contributed by atoms with Crippen molar-refractivity contribution in [2.75, 3.05) is 0 Å². The van der Waals surface area contributed by atoms with Crippen molar-refractivity contribution in [3.63, 3.8) is 0 Å². The highest BCUT2D eigenvalue weighted by Gasteiger charge is 2.14. The summed E-state index contributed by atoms with van der Waals surface area (Å²) in [6.45, 7) is 4.57. The average Bonchev–Trinajstić information content (AvgIpc) is 2.46. The predicted octanol–water partition coefficient (Wildman–Crippen LogP) is 3.35. The van der Waals surface area contributed by atoms with Gasteiger partial charge in [-0.3, -0.25) is 0 Å². The molecule has 0 fully saturated rings. The second kappa shape index (κ2) is 6.81. The van der Waals surface area contributed by atoms with Crippen LogP contribution in [0.1, 0.15) is 30.7 Å². The lowest BCUT2D eigenvalue weighted by Gasteiger charge is -2.13. The van der Waals surface area contributed by atoms with Crippen LogP contribution in [-0.2, 0) is 19.4 Å². The Balaban J connectivity index is 2.41.